The molecule has 0 amide bonds. The molecule has 1 aromatic carbocycles. The standard InChI is InChI=1S/C14H14FN2.Ir/c1-14(2,11-6-4-3-5-7-11)12-8-9-16-13(10-15)17-12;/h3-6,8-9H,10H2,1-2H3;/q-1;. The van der Waals surface area contributed by atoms with Crippen LogP contribution in [0.15, 0.2) is 36.5 Å². The van der Waals surface area contributed by atoms with E-state index < -0.39 is 6.67 Å². The first-order chi connectivity index (χ1) is 8.14. The molecule has 2 nitrogen and oxygen atoms in total. The van der Waals surface area contributed by atoms with Crippen molar-refractivity contribution in [1.82, 2.24) is 9.97 Å². The van der Waals surface area contributed by atoms with Crippen LogP contribution in [0.5, 0.6) is 0 Å². The van der Waals surface area contributed by atoms with Gasteiger partial charge in [0.15, 0.2) is 5.82 Å². The summed E-state index contributed by atoms with van der Waals surface area (Å²) in [7, 11) is 0. The molecule has 0 aliphatic heterocycles. The van der Waals surface area contributed by atoms with E-state index >= 15 is 0 Å². The summed E-state index contributed by atoms with van der Waals surface area (Å²) < 4.78 is 12.6. The van der Waals surface area contributed by atoms with E-state index in [0.717, 1.165) is 11.3 Å². The Morgan fingerprint density at radius 1 is 1.28 bits per heavy atom. The Labute approximate surface area is 120 Å². The first-order valence-corrected chi connectivity index (χ1v) is 5.50. The molecular formula is C14H14FIrN2-. The summed E-state index contributed by atoms with van der Waals surface area (Å²) in [6, 6.07) is 12.8. The van der Waals surface area contributed by atoms with Crippen LogP contribution in [0.2, 0.25) is 0 Å². The average molecular weight is 421 g/mol. The minimum atomic E-state index is -0.636. The number of hydrogen-bond acceptors (Lipinski definition) is 2. The van der Waals surface area contributed by atoms with Crippen LogP contribution in [-0.4, -0.2) is 9.97 Å². The third kappa shape index (κ3) is 3.01. The van der Waals surface area contributed by atoms with Gasteiger partial charge in [0.05, 0.1) is 5.69 Å². The summed E-state index contributed by atoms with van der Waals surface area (Å²) in [5, 5.41) is 0. The molecule has 2 aromatic rings. The van der Waals surface area contributed by atoms with Crippen molar-refractivity contribution in [2.24, 2.45) is 0 Å². The second-order valence-electron chi connectivity index (χ2n) is 4.39. The van der Waals surface area contributed by atoms with Crippen LogP contribution in [0.4, 0.5) is 4.39 Å². The number of rotatable bonds is 3. The molecule has 1 heterocycles. The van der Waals surface area contributed by atoms with Crippen molar-refractivity contribution in [3.8, 4) is 0 Å². The summed E-state index contributed by atoms with van der Waals surface area (Å²) in [6.07, 6.45) is 1.60. The third-order valence-corrected chi connectivity index (χ3v) is 2.85. The zero-order chi connectivity index (χ0) is 12.3. The quantitative estimate of drug-likeness (QED) is 0.712. The van der Waals surface area contributed by atoms with E-state index in [-0.39, 0.29) is 31.3 Å². The molecule has 0 aliphatic rings. The second kappa shape index (κ2) is 6.17. The molecule has 0 saturated heterocycles. The number of benzene rings is 1. The normalized spacial score (nSPS) is 10.8. The van der Waals surface area contributed by atoms with Crippen LogP contribution < -0.4 is 0 Å². The van der Waals surface area contributed by atoms with E-state index in [9.17, 15) is 4.39 Å². The molecule has 4 heteroatoms. The molecule has 0 atom stereocenters. The van der Waals surface area contributed by atoms with E-state index in [0.29, 0.717) is 0 Å². The van der Waals surface area contributed by atoms with Gasteiger partial charge in [0, 0.05) is 31.7 Å². The van der Waals surface area contributed by atoms with Gasteiger partial charge in [-0.1, -0.05) is 13.8 Å². The van der Waals surface area contributed by atoms with Crippen LogP contribution in [0.3, 0.4) is 0 Å². The van der Waals surface area contributed by atoms with Crippen LogP contribution in [0.1, 0.15) is 30.9 Å². The van der Waals surface area contributed by atoms with Crippen LogP contribution in [0.25, 0.3) is 0 Å². The van der Waals surface area contributed by atoms with Gasteiger partial charge >= 0.3 is 0 Å². The van der Waals surface area contributed by atoms with Gasteiger partial charge in [-0.25, -0.2) is 14.4 Å². The Bertz CT molecular complexity index is 500. The predicted molar refractivity (Wildman–Crippen MR) is 64.3 cm³/mol. The van der Waals surface area contributed by atoms with Crippen molar-refractivity contribution in [2.45, 2.75) is 25.9 Å². The minimum absolute atomic E-state index is 0. The fourth-order valence-electron chi connectivity index (χ4n) is 1.73. The van der Waals surface area contributed by atoms with Gasteiger partial charge < -0.3 is 0 Å². The number of alkyl halides is 1. The number of aromatic nitrogens is 2. The first-order valence-electron chi connectivity index (χ1n) is 5.50. The topological polar surface area (TPSA) is 25.8 Å². The van der Waals surface area contributed by atoms with E-state index in [1.54, 1.807) is 6.20 Å². The molecule has 0 unspecified atom stereocenters. The van der Waals surface area contributed by atoms with E-state index in [1.807, 2.05) is 44.2 Å². The van der Waals surface area contributed by atoms with E-state index in [1.165, 1.54) is 0 Å². The molecule has 0 N–H and O–H groups in total. The molecular weight excluding hydrogens is 407 g/mol. The second-order valence-corrected chi connectivity index (χ2v) is 4.39. The van der Waals surface area contributed by atoms with Crippen LogP contribution in [0, 0.1) is 6.07 Å². The summed E-state index contributed by atoms with van der Waals surface area (Å²) in [4.78, 5) is 8.10. The van der Waals surface area contributed by atoms with Crippen molar-refractivity contribution in [3.63, 3.8) is 0 Å². The first kappa shape index (κ1) is 14.9. The van der Waals surface area contributed by atoms with Crippen molar-refractivity contribution < 1.29 is 24.5 Å². The molecule has 0 saturated carbocycles. The van der Waals surface area contributed by atoms with Crippen molar-refractivity contribution >= 4 is 0 Å². The van der Waals surface area contributed by atoms with Gasteiger partial charge in [0.2, 0.25) is 0 Å². The SMILES string of the molecule is CC(C)(c1[c-]cccc1)c1ccnc(CF)n1.[Ir]. The summed E-state index contributed by atoms with van der Waals surface area (Å²) in [6.45, 7) is 3.45. The summed E-state index contributed by atoms with van der Waals surface area (Å²) >= 11 is 0. The largest absolute Gasteiger partial charge is 0.242 e. The van der Waals surface area contributed by atoms with Gasteiger partial charge in [-0.2, -0.15) is 35.9 Å². The average Bonchev–Trinajstić information content (AvgIpc) is 2.40. The molecule has 1 aromatic heterocycles. The number of nitrogens with zero attached hydrogens (tertiary/aromatic N) is 2. The molecule has 2 rings (SSSR count). The van der Waals surface area contributed by atoms with E-state index in [2.05, 4.69) is 16.0 Å². The molecule has 0 fully saturated rings. The fourth-order valence-corrected chi connectivity index (χ4v) is 1.73. The summed E-state index contributed by atoms with van der Waals surface area (Å²) in [5.41, 5.74) is 1.54. The monoisotopic (exact) mass is 422 g/mol. The number of hydrogen-bond donors (Lipinski definition) is 0. The molecule has 0 bridgehead atoms. The Hall–Kier alpha value is -1.12. The molecule has 1 radical (unpaired) electrons. The number of halogens is 1. The van der Waals surface area contributed by atoms with Gasteiger partial charge in [0.1, 0.15) is 6.67 Å². The molecule has 18 heavy (non-hydrogen) atoms. The summed E-state index contributed by atoms with van der Waals surface area (Å²) in [5.74, 6) is 0.228. The molecule has 97 valence electrons. The predicted octanol–water partition coefficient (Wildman–Crippen LogP) is 3.07. The fraction of sp³-hybridized carbons (Fsp3) is 0.286. The maximum atomic E-state index is 12.6. The Morgan fingerprint density at radius 3 is 2.67 bits per heavy atom. The smallest absolute Gasteiger partial charge is 0.159 e. The third-order valence-electron chi connectivity index (χ3n) is 2.85. The van der Waals surface area contributed by atoms with Gasteiger partial charge in [-0.3, -0.25) is 0 Å². The molecule has 0 aliphatic carbocycles. The van der Waals surface area contributed by atoms with Crippen LogP contribution >= 0.6 is 0 Å². The Balaban J connectivity index is 0.00000162. The molecule has 0 spiro atoms. The maximum absolute atomic E-state index is 12.6. The van der Waals surface area contributed by atoms with Crippen molar-refractivity contribution in [1.29, 1.82) is 0 Å². The minimum Gasteiger partial charge on any atom is -0.242 e. The Morgan fingerprint density at radius 2 is 2.06 bits per heavy atom. The Kier molecular flexibility index (Phi) is 5.12. The van der Waals surface area contributed by atoms with Gasteiger partial charge in [0.25, 0.3) is 0 Å². The van der Waals surface area contributed by atoms with Gasteiger partial charge in [-0.15, -0.1) is 0 Å². The van der Waals surface area contributed by atoms with Crippen molar-refractivity contribution in [3.05, 3.63) is 59.7 Å². The van der Waals surface area contributed by atoms with Gasteiger partial charge in [-0.05, 0) is 6.07 Å². The zero-order valence-electron chi connectivity index (χ0n) is 10.3. The maximum Gasteiger partial charge on any atom is 0.159 e. The van der Waals surface area contributed by atoms with E-state index in [4.69, 9.17) is 0 Å². The zero-order valence-corrected chi connectivity index (χ0v) is 12.7. The van der Waals surface area contributed by atoms with Crippen LogP contribution in [-0.2, 0) is 32.2 Å². The van der Waals surface area contributed by atoms with Crippen molar-refractivity contribution in [2.75, 3.05) is 0 Å².